The van der Waals surface area contributed by atoms with Crippen molar-refractivity contribution in [2.45, 2.75) is 13.0 Å². The molecule has 0 radical (unpaired) electrons. The number of hydrogen-bond donors (Lipinski definition) is 2. The third kappa shape index (κ3) is 5.57. The highest BCUT2D eigenvalue weighted by Gasteiger charge is 2.06. The third-order valence-electron chi connectivity index (χ3n) is 4.20. The molecule has 0 atom stereocenters. The van der Waals surface area contributed by atoms with Gasteiger partial charge in [0.1, 0.15) is 11.6 Å². The lowest BCUT2D eigenvalue weighted by Crippen LogP contribution is -2.25. The van der Waals surface area contributed by atoms with Crippen molar-refractivity contribution in [1.82, 2.24) is 10.3 Å². The summed E-state index contributed by atoms with van der Waals surface area (Å²) in [5.41, 5.74) is 2.88. The Bertz CT molecular complexity index is 847. The minimum absolute atomic E-state index is 0.120. The average Bonchev–Trinajstić information content (AvgIpc) is 2.74. The third-order valence-corrected chi connectivity index (χ3v) is 4.20. The summed E-state index contributed by atoms with van der Waals surface area (Å²) in [6.45, 7) is 1.26. The molecule has 0 aliphatic carbocycles. The second-order valence-corrected chi connectivity index (χ2v) is 6.13. The molecular formula is C22H23N3O2. The van der Waals surface area contributed by atoms with Gasteiger partial charge in [0.25, 0.3) is 5.91 Å². The summed E-state index contributed by atoms with van der Waals surface area (Å²) < 4.78 is 5.14. The summed E-state index contributed by atoms with van der Waals surface area (Å²) in [7, 11) is 1.64. The number of methoxy groups -OCH3 is 1. The first-order chi connectivity index (χ1) is 13.2. The molecule has 0 saturated heterocycles. The number of aromatic nitrogens is 1. The lowest BCUT2D eigenvalue weighted by molar-refractivity contribution is 0.0954. The van der Waals surface area contributed by atoms with Gasteiger partial charge in [0, 0.05) is 19.3 Å². The fourth-order valence-corrected chi connectivity index (χ4v) is 2.64. The molecule has 0 aliphatic heterocycles. The van der Waals surface area contributed by atoms with E-state index in [0.29, 0.717) is 18.7 Å². The standard InChI is InChI=1S/C22H23N3O2/c1-27-20-10-7-17(8-11-20)13-14-23-22(26)19-9-12-21(25-16-19)24-15-18-5-3-2-4-6-18/h2-12,16H,13-15H2,1H3,(H,23,26)(H,24,25). The number of nitrogens with zero attached hydrogens (tertiary/aromatic N) is 1. The number of benzene rings is 2. The van der Waals surface area contributed by atoms with Gasteiger partial charge >= 0.3 is 0 Å². The van der Waals surface area contributed by atoms with Crippen LogP contribution >= 0.6 is 0 Å². The number of anilines is 1. The Morgan fingerprint density at radius 1 is 0.963 bits per heavy atom. The van der Waals surface area contributed by atoms with Crippen molar-refractivity contribution >= 4 is 11.7 Å². The van der Waals surface area contributed by atoms with Gasteiger partial charge in [0.15, 0.2) is 0 Å². The van der Waals surface area contributed by atoms with Crippen LogP contribution in [0.3, 0.4) is 0 Å². The maximum atomic E-state index is 12.2. The van der Waals surface area contributed by atoms with Crippen molar-refractivity contribution in [2.24, 2.45) is 0 Å². The number of amides is 1. The number of carbonyl (C=O) groups excluding carboxylic acids is 1. The fraction of sp³-hybridized carbons (Fsp3) is 0.182. The van der Waals surface area contributed by atoms with Gasteiger partial charge < -0.3 is 15.4 Å². The second kappa shape index (κ2) is 9.38. The van der Waals surface area contributed by atoms with Crippen molar-refractivity contribution in [2.75, 3.05) is 19.0 Å². The molecule has 2 N–H and O–H groups in total. The van der Waals surface area contributed by atoms with Crippen molar-refractivity contribution in [1.29, 1.82) is 0 Å². The lowest BCUT2D eigenvalue weighted by atomic mass is 10.1. The van der Waals surface area contributed by atoms with Gasteiger partial charge in [0.05, 0.1) is 12.7 Å². The molecule has 1 heterocycles. The van der Waals surface area contributed by atoms with Crippen LogP contribution in [0.25, 0.3) is 0 Å². The number of nitrogens with one attached hydrogen (secondary N) is 2. The Hall–Kier alpha value is -3.34. The van der Waals surface area contributed by atoms with Crippen LogP contribution in [0.1, 0.15) is 21.5 Å². The molecule has 1 amide bonds. The first-order valence-corrected chi connectivity index (χ1v) is 8.89. The molecule has 2 aromatic carbocycles. The van der Waals surface area contributed by atoms with Gasteiger partial charge in [-0.1, -0.05) is 42.5 Å². The van der Waals surface area contributed by atoms with E-state index in [0.717, 1.165) is 23.6 Å². The molecular weight excluding hydrogens is 338 g/mol. The molecule has 0 saturated carbocycles. The normalized spacial score (nSPS) is 10.3. The number of carbonyl (C=O) groups is 1. The first-order valence-electron chi connectivity index (χ1n) is 8.89. The number of hydrogen-bond acceptors (Lipinski definition) is 4. The summed E-state index contributed by atoms with van der Waals surface area (Å²) in [4.78, 5) is 16.5. The maximum Gasteiger partial charge on any atom is 0.252 e. The van der Waals surface area contributed by atoms with E-state index in [1.54, 1.807) is 19.4 Å². The number of ether oxygens (including phenoxy) is 1. The van der Waals surface area contributed by atoms with E-state index in [1.807, 2.05) is 48.5 Å². The predicted octanol–water partition coefficient (Wildman–Crippen LogP) is 3.67. The van der Waals surface area contributed by atoms with Crippen LogP contribution in [0.5, 0.6) is 5.75 Å². The highest BCUT2D eigenvalue weighted by Crippen LogP contribution is 2.11. The summed E-state index contributed by atoms with van der Waals surface area (Å²) in [6.07, 6.45) is 2.36. The van der Waals surface area contributed by atoms with Gasteiger partial charge in [-0.15, -0.1) is 0 Å². The largest absolute Gasteiger partial charge is 0.497 e. The van der Waals surface area contributed by atoms with E-state index in [-0.39, 0.29) is 5.91 Å². The summed E-state index contributed by atoms with van der Waals surface area (Å²) >= 11 is 0. The van der Waals surface area contributed by atoms with Crippen LogP contribution in [0, 0.1) is 0 Å². The van der Waals surface area contributed by atoms with E-state index in [1.165, 1.54) is 5.56 Å². The zero-order chi connectivity index (χ0) is 18.9. The van der Waals surface area contributed by atoms with Gasteiger partial charge in [-0.3, -0.25) is 4.79 Å². The SMILES string of the molecule is COc1ccc(CCNC(=O)c2ccc(NCc3ccccc3)nc2)cc1. The predicted molar refractivity (Wildman–Crippen MR) is 107 cm³/mol. The van der Waals surface area contributed by atoms with Gasteiger partial charge in [-0.25, -0.2) is 4.98 Å². The molecule has 27 heavy (non-hydrogen) atoms. The van der Waals surface area contributed by atoms with E-state index < -0.39 is 0 Å². The zero-order valence-electron chi connectivity index (χ0n) is 15.3. The average molecular weight is 361 g/mol. The monoisotopic (exact) mass is 361 g/mol. The molecule has 0 bridgehead atoms. The number of rotatable bonds is 8. The molecule has 0 fully saturated rings. The fourth-order valence-electron chi connectivity index (χ4n) is 2.64. The van der Waals surface area contributed by atoms with Crippen molar-refractivity contribution in [3.8, 4) is 5.75 Å². The van der Waals surface area contributed by atoms with Crippen LogP contribution in [-0.2, 0) is 13.0 Å². The summed E-state index contributed by atoms with van der Waals surface area (Å²) in [6, 6.07) is 21.5. The molecule has 3 rings (SSSR count). The van der Waals surface area contributed by atoms with Crippen LogP contribution in [0.15, 0.2) is 72.9 Å². The van der Waals surface area contributed by atoms with Crippen LogP contribution in [0.4, 0.5) is 5.82 Å². The minimum Gasteiger partial charge on any atom is -0.497 e. The Labute approximate surface area is 159 Å². The Kier molecular flexibility index (Phi) is 6.41. The van der Waals surface area contributed by atoms with Crippen molar-refractivity contribution in [3.63, 3.8) is 0 Å². The molecule has 0 aliphatic rings. The number of pyridine rings is 1. The maximum absolute atomic E-state index is 12.2. The van der Waals surface area contributed by atoms with Crippen molar-refractivity contribution in [3.05, 3.63) is 89.6 Å². The van der Waals surface area contributed by atoms with Crippen LogP contribution in [0.2, 0.25) is 0 Å². The minimum atomic E-state index is -0.120. The molecule has 0 unspecified atom stereocenters. The Balaban J connectivity index is 1.45. The van der Waals surface area contributed by atoms with Gasteiger partial charge in [0.2, 0.25) is 0 Å². The topological polar surface area (TPSA) is 63.2 Å². The van der Waals surface area contributed by atoms with E-state index in [9.17, 15) is 4.79 Å². The highest BCUT2D eigenvalue weighted by molar-refractivity contribution is 5.94. The lowest BCUT2D eigenvalue weighted by Gasteiger charge is -2.08. The Morgan fingerprint density at radius 2 is 1.74 bits per heavy atom. The zero-order valence-corrected chi connectivity index (χ0v) is 15.3. The quantitative estimate of drug-likeness (QED) is 0.642. The molecule has 5 heteroatoms. The van der Waals surface area contributed by atoms with Crippen LogP contribution in [-0.4, -0.2) is 24.5 Å². The molecule has 138 valence electrons. The first kappa shape index (κ1) is 18.5. The van der Waals surface area contributed by atoms with Crippen LogP contribution < -0.4 is 15.4 Å². The summed E-state index contributed by atoms with van der Waals surface area (Å²) in [5, 5.41) is 6.17. The smallest absolute Gasteiger partial charge is 0.252 e. The summed E-state index contributed by atoms with van der Waals surface area (Å²) in [5.74, 6) is 1.45. The van der Waals surface area contributed by atoms with Gasteiger partial charge in [-0.05, 0) is 41.8 Å². The van der Waals surface area contributed by atoms with E-state index >= 15 is 0 Å². The second-order valence-electron chi connectivity index (χ2n) is 6.13. The van der Waals surface area contributed by atoms with Crippen molar-refractivity contribution < 1.29 is 9.53 Å². The van der Waals surface area contributed by atoms with Gasteiger partial charge in [-0.2, -0.15) is 0 Å². The molecule has 5 nitrogen and oxygen atoms in total. The van der Waals surface area contributed by atoms with E-state index in [4.69, 9.17) is 4.74 Å². The molecule has 1 aromatic heterocycles. The Morgan fingerprint density at radius 3 is 2.41 bits per heavy atom. The molecule has 0 spiro atoms. The van der Waals surface area contributed by atoms with E-state index in [2.05, 4.69) is 27.8 Å². The molecule has 3 aromatic rings. The highest BCUT2D eigenvalue weighted by atomic mass is 16.5.